The Morgan fingerprint density at radius 1 is 0.621 bits per heavy atom. The summed E-state index contributed by atoms with van der Waals surface area (Å²) >= 11 is 0. The highest BCUT2D eigenvalue weighted by molar-refractivity contribution is 4.99. The van der Waals surface area contributed by atoms with Crippen LogP contribution in [-0.4, -0.2) is 126 Å². The van der Waals surface area contributed by atoms with Crippen molar-refractivity contribution in [3.63, 3.8) is 0 Å². The second-order valence-corrected chi connectivity index (χ2v) is 8.17. The van der Waals surface area contributed by atoms with Crippen LogP contribution >= 0.6 is 0 Å². The standard InChI is InChI=1S/C17H31NO11/c19-6-3-5(1-2-8-9(20)10(21)13(24)16(26)28-8)18-7(4-6)15-12(23)11(22)14(25)17(27)29-15/h5-27H,1-4H2/t5-,6+,7-,8+,9-,10-,11+,12-,13+,14-,15-,16?,17?/m1/s1. The Balaban J connectivity index is 1.59. The number of ether oxygens (including phenoxy) is 2. The van der Waals surface area contributed by atoms with Crippen molar-refractivity contribution in [2.45, 2.75) is 105 Å². The second-order valence-electron chi connectivity index (χ2n) is 8.17. The minimum Gasteiger partial charge on any atom is -0.393 e. The van der Waals surface area contributed by atoms with Gasteiger partial charge in [-0.05, 0) is 25.7 Å². The smallest absolute Gasteiger partial charge is 0.184 e. The number of rotatable bonds is 4. The molecule has 0 aromatic heterocycles. The Morgan fingerprint density at radius 2 is 1.21 bits per heavy atom. The summed E-state index contributed by atoms with van der Waals surface area (Å²) in [5.41, 5.74) is 0. The van der Waals surface area contributed by atoms with Gasteiger partial charge in [-0.25, -0.2) is 0 Å². The zero-order valence-corrected chi connectivity index (χ0v) is 15.7. The highest BCUT2D eigenvalue weighted by Gasteiger charge is 2.48. The molecular weight excluding hydrogens is 394 g/mol. The fourth-order valence-electron chi connectivity index (χ4n) is 4.34. The molecule has 12 heteroatoms. The lowest BCUT2D eigenvalue weighted by Gasteiger charge is -2.45. The molecule has 3 aliphatic heterocycles. The monoisotopic (exact) mass is 425 g/mol. The molecule has 0 saturated carbocycles. The molecule has 13 atom stereocenters. The number of hydrogen-bond acceptors (Lipinski definition) is 12. The van der Waals surface area contributed by atoms with Crippen molar-refractivity contribution < 1.29 is 55.4 Å². The molecule has 0 bridgehead atoms. The molecule has 2 unspecified atom stereocenters. The van der Waals surface area contributed by atoms with Gasteiger partial charge >= 0.3 is 0 Å². The Bertz CT molecular complexity index is 542. The first-order valence-electron chi connectivity index (χ1n) is 9.79. The third-order valence-corrected chi connectivity index (χ3v) is 6.04. The van der Waals surface area contributed by atoms with Gasteiger partial charge in [-0.15, -0.1) is 0 Å². The minimum atomic E-state index is -1.68. The summed E-state index contributed by atoms with van der Waals surface area (Å²) in [6, 6.07) is -0.955. The van der Waals surface area contributed by atoms with Crippen molar-refractivity contribution >= 4 is 0 Å². The average Bonchev–Trinajstić information content (AvgIpc) is 2.68. The van der Waals surface area contributed by atoms with Crippen LogP contribution in [0.5, 0.6) is 0 Å². The van der Waals surface area contributed by atoms with Gasteiger partial charge in [0.05, 0.1) is 12.2 Å². The molecule has 3 saturated heterocycles. The van der Waals surface area contributed by atoms with Crippen LogP contribution in [0.1, 0.15) is 25.7 Å². The predicted octanol–water partition coefficient (Wildman–Crippen LogP) is -5.15. The van der Waals surface area contributed by atoms with Crippen molar-refractivity contribution in [2.75, 3.05) is 0 Å². The Kier molecular flexibility index (Phi) is 7.47. The molecule has 29 heavy (non-hydrogen) atoms. The lowest BCUT2D eigenvalue weighted by molar-refractivity contribution is -0.289. The van der Waals surface area contributed by atoms with Crippen LogP contribution in [0.25, 0.3) is 0 Å². The summed E-state index contributed by atoms with van der Waals surface area (Å²) in [6.07, 6.45) is -14.3. The fourth-order valence-corrected chi connectivity index (χ4v) is 4.34. The van der Waals surface area contributed by atoms with E-state index in [0.717, 1.165) is 0 Å². The molecule has 10 N–H and O–H groups in total. The van der Waals surface area contributed by atoms with Gasteiger partial charge in [-0.1, -0.05) is 0 Å². The Morgan fingerprint density at radius 3 is 1.86 bits per heavy atom. The number of aliphatic hydroxyl groups is 9. The third-order valence-electron chi connectivity index (χ3n) is 6.04. The molecule has 0 spiro atoms. The highest BCUT2D eigenvalue weighted by atomic mass is 16.6. The second kappa shape index (κ2) is 9.34. The average molecular weight is 425 g/mol. The van der Waals surface area contributed by atoms with Crippen molar-refractivity contribution in [3.8, 4) is 0 Å². The summed E-state index contributed by atoms with van der Waals surface area (Å²) in [5.74, 6) is 0. The van der Waals surface area contributed by atoms with Crippen LogP contribution in [-0.2, 0) is 9.47 Å². The SMILES string of the molecule is OC1O[C@@H](CC[C@@H]2C[C@H](O)C[C@H]([C@H]3OC(O)[C@H](O)[C@@H](O)[C@H]3O)N2)[C@@H](O)[C@@H](O)[C@@H]1O. The van der Waals surface area contributed by atoms with Crippen molar-refractivity contribution in [1.82, 2.24) is 5.32 Å². The van der Waals surface area contributed by atoms with Crippen LogP contribution in [0.15, 0.2) is 0 Å². The van der Waals surface area contributed by atoms with Crippen LogP contribution in [0, 0.1) is 0 Å². The van der Waals surface area contributed by atoms with E-state index < -0.39 is 73.6 Å². The van der Waals surface area contributed by atoms with Gasteiger partial charge in [-0.2, -0.15) is 0 Å². The first-order chi connectivity index (χ1) is 13.6. The number of hydrogen-bond donors (Lipinski definition) is 10. The molecule has 170 valence electrons. The summed E-state index contributed by atoms with van der Waals surface area (Å²) in [4.78, 5) is 0. The number of aliphatic hydroxyl groups excluding tert-OH is 9. The number of piperidine rings is 1. The van der Waals surface area contributed by atoms with E-state index >= 15 is 0 Å². The molecule has 0 radical (unpaired) electrons. The van der Waals surface area contributed by atoms with Gasteiger partial charge in [0.2, 0.25) is 0 Å². The maximum Gasteiger partial charge on any atom is 0.184 e. The first kappa shape index (κ1) is 23.2. The van der Waals surface area contributed by atoms with Crippen LogP contribution < -0.4 is 5.32 Å². The van der Waals surface area contributed by atoms with E-state index in [1.54, 1.807) is 0 Å². The zero-order chi connectivity index (χ0) is 21.5. The summed E-state index contributed by atoms with van der Waals surface area (Å²) in [7, 11) is 0. The van der Waals surface area contributed by atoms with Crippen LogP contribution in [0.3, 0.4) is 0 Å². The molecule has 3 aliphatic rings. The van der Waals surface area contributed by atoms with Crippen LogP contribution in [0.2, 0.25) is 0 Å². The molecule has 0 aliphatic carbocycles. The maximum absolute atomic E-state index is 10.2. The van der Waals surface area contributed by atoms with Gasteiger partial charge < -0.3 is 60.7 Å². The maximum atomic E-state index is 10.2. The molecule has 3 fully saturated rings. The first-order valence-corrected chi connectivity index (χ1v) is 9.79. The van der Waals surface area contributed by atoms with Crippen molar-refractivity contribution in [3.05, 3.63) is 0 Å². The molecule has 0 amide bonds. The van der Waals surface area contributed by atoms with Gasteiger partial charge in [0.25, 0.3) is 0 Å². The molecular formula is C17H31NO11. The topological polar surface area (TPSA) is 213 Å². The van der Waals surface area contributed by atoms with E-state index in [-0.39, 0.29) is 18.9 Å². The third kappa shape index (κ3) is 4.89. The number of nitrogens with one attached hydrogen (secondary N) is 1. The Hall–Kier alpha value is -0.480. The van der Waals surface area contributed by atoms with E-state index in [2.05, 4.69) is 5.32 Å². The summed E-state index contributed by atoms with van der Waals surface area (Å²) in [6.45, 7) is 0. The fraction of sp³-hybridized carbons (Fsp3) is 1.00. The molecule has 3 heterocycles. The van der Waals surface area contributed by atoms with Crippen molar-refractivity contribution in [1.29, 1.82) is 0 Å². The van der Waals surface area contributed by atoms with Gasteiger partial charge in [0.1, 0.15) is 42.7 Å². The minimum absolute atomic E-state index is 0.180. The quantitative estimate of drug-likeness (QED) is 0.205. The van der Waals surface area contributed by atoms with Crippen molar-refractivity contribution in [2.24, 2.45) is 0 Å². The largest absolute Gasteiger partial charge is 0.393 e. The van der Waals surface area contributed by atoms with Crippen LogP contribution in [0.4, 0.5) is 0 Å². The van der Waals surface area contributed by atoms with Gasteiger partial charge in [0.15, 0.2) is 12.6 Å². The molecule has 0 aromatic carbocycles. The zero-order valence-electron chi connectivity index (χ0n) is 15.7. The predicted molar refractivity (Wildman–Crippen MR) is 93.0 cm³/mol. The van der Waals surface area contributed by atoms with Gasteiger partial charge in [-0.3, -0.25) is 0 Å². The normalized spacial score (nSPS) is 54.3. The lowest BCUT2D eigenvalue weighted by Crippen LogP contribution is -2.65. The van der Waals surface area contributed by atoms with E-state index in [0.29, 0.717) is 12.8 Å². The summed E-state index contributed by atoms with van der Waals surface area (Å²) < 4.78 is 10.4. The van der Waals surface area contributed by atoms with E-state index in [1.165, 1.54) is 0 Å². The lowest BCUT2D eigenvalue weighted by atomic mass is 9.85. The van der Waals surface area contributed by atoms with E-state index in [4.69, 9.17) is 9.47 Å². The van der Waals surface area contributed by atoms with Gasteiger partial charge in [0, 0.05) is 12.1 Å². The molecule has 3 rings (SSSR count). The molecule has 0 aromatic rings. The van der Waals surface area contributed by atoms with E-state index in [9.17, 15) is 46.0 Å². The summed E-state index contributed by atoms with van der Waals surface area (Å²) in [5, 5.41) is 91.7. The highest BCUT2D eigenvalue weighted by Crippen LogP contribution is 2.29. The Labute approximate surface area is 166 Å². The molecule has 12 nitrogen and oxygen atoms in total. The van der Waals surface area contributed by atoms with E-state index in [1.807, 2.05) is 0 Å².